The minimum Gasteiger partial charge on any atom is -0.481 e. The highest BCUT2D eigenvalue weighted by atomic mass is 16.4. The summed E-state index contributed by atoms with van der Waals surface area (Å²) in [5, 5.41) is 36.5. The van der Waals surface area contributed by atoms with Crippen molar-refractivity contribution < 1.29 is 39.3 Å². The molecule has 0 saturated carbocycles. The number of aliphatic hydroxyl groups excluding tert-OH is 1. The molecule has 0 aliphatic rings. The fraction of sp³-hybridized carbons (Fsp3) is 0.480. The lowest BCUT2D eigenvalue weighted by Gasteiger charge is -2.26. The van der Waals surface area contributed by atoms with Gasteiger partial charge in [-0.05, 0) is 30.9 Å². The molecule has 13 nitrogen and oxygen atoms in total. The molecule has 9 N–H and O–H groups in total. The second kappa shape index (κ2) is 13.5. The summed E-state index contributed by atoms with van der Waals surface area (Å²) in [4.78, 5) is 64.3. The fourth-order valence-electron chi connectivity index (χ4n) is 3.90. The van der Waals surface area contributed by atoms with Crippen molar-refractivity contribution in [1.29, 1.82) is 0 Å². The number of fused-ring (bicyclic) bond motifs is 1. The summed E-state index contributed by atoms with van der Waals surface area (Å²) >= 11 is 0. The Hall–Kier alpha value is -3.97. The Morgan fingerprint density at radius 3 is 2.13 bits per heavy atom. The molecule has 0 radical (unpaired) electrons. The van der Waals surface area contributed by atoms with E-state index in [-0.39, 0.29) is 18.8 Å². The maximum absolute atomic E-state index is 13.3. The standard InChI is InChI=1S/C25H35N5O8/c1-12(2)8-19(25(37)38)29-24(36)21(13(3)31)30-23(35)18(28-22(34)16(26)10-20(32)33)9-14-11-27-17-7-5-4-6-15(14)17/h4-7,11-13,16,18-19,21,27,31H,8-10,26H2,1-3H3,(H,28,34)(H,29,36)(H,30,35)(H,32,33)(H,37,38). The average Bonchev–Trinajstić information content (AvgIpc) is 3.23. The van der Waals surface area contributed by atoms with Gasteiger partial charge >= 0.3 is 11.9 Å². The number of carbonyl (C=O) groups is 5. The zero-order valence-corrected chi connectivity index (χ0v) is 21.4. The van der Waals surface area contributed by atoms with Crippen LogP contribution in [-0.2, 0) is 30.4 Å². The zero-order chi connectivity index (χ0) is 28.6. The summed E-state index contributed by atoms with van der Waals surface area (Å²) in [6.45, 7) is 4.81. The first-order valence-corrected chi connectivity index (χ1v) is 12.1. The first kappa shape index (κ1) is 30.3. The number of aliphatic carboxylic acids is 2. The second-order valence-electron chi connectivity index (χ2n) is 9.58. The van der Waals surface area contributed by atoms with Crippen LogP contribution >= 0.6 is 0 Å². The summed E-state index contributed by atoms with van der Waals surface area (Å²) in [6, 6.07) is 1.72. The Morgan fingerprint density at radius 2 is 1.55 bits per heavy atom. The van der Waals surface area contributed by atoms with E-state index in [1.807, 2.05) is 12.1 Å². The highest BCUT2D eigenvalue weighted by Crippen LogP contribution is 2.19. The van der Waals surface area contributed by atoms with Crippen molar-refractivity contribution in [1.82, 2.24) is 20.9 Å². The van der Waals surface area contributed by atoms with Crippen molar-refractivity contribution in [3.8, 4) is 0 Å². The molecule has 38 heavy (non-hydrogen) atoms. The van der Waals surface area contributed by atoms with Crippen LogP contribution in [0.15, 0.2) is 30.5 Å². The van der Waals surface area contributed by atoms with Gasteiger partial charge in [-0.25, -0.2) is 4.79 Å². The second-order valence-corrected chi connectivity index (χ2v) is 9.58. The predicted molar refractivity (Wildman–Crippen MR) is 137 cm³/mol. The number of carboxylic acids is 2. The number of aromatic amines is 1. The number of carbonyl (C=O) groups excluding carboxylic acids is 3. The number of amides is 3. The average molecular weight is 534 g/mol. The number of rotatable bonds is 14. The third-order valence-corrected chi connectivity index (χ3v) is 5.85. The summed E-state index contributed by atoms with van der Waals surface area (Å²) in [5.74, 6) is -5.29. The minimum atomic E-state index is -1.54. The number of hydrogen-bond donors (Lipinski definition) is 8. The molecular weight excluding hydrogens is 498 g/mol. The van der Waals surface area contributed by atoms with Crippen LogP contribution in [0.1, 0.15) is 39.2 Å². The Bertz CT molecular complexity index is 1160. The summed E-state index contributed by atoms with van der Waals surface area (Å²) in [7, 11) is 0. The third-order valence-electron chi connectivity index (χ3n) is 5.85. The van der Waals surface area contributed by atoms with Crippen LogP contribution in [0.25, 0.3) is 10.9 Å². The number of para-hydroxylation sites is 1. The molecule has 2 rings (SSSR count). The van der Waals surface area contributed by atoms with Crippen molar-refractivity contribution in [3.63, 3.8) is 0 Å². The topological polar surface area (TPSA) is 224 Å². The third kappa shape index (κ3) is 8.56. The van der Waals surface area contributed by atoms with E-state index >= 15 is 0 Å². The Kier molecular flexibility index (Phi) is 10.8. The number of hydrogen-bond acceptors (Lipinski definition) is 7. The maximum Gasteiger partial charge on any atom is 0.326 e. The number of nitrogens with one attached hydrogen (secondary N) is 4. The highest BCUT2D eigenvalue weighted by molar-refractivity contribution is 5.95. The smallest absolute Gasteiger partial charge is 0.326 e. The van der Waals surface area contributed by atoms with Gasteiger partial charge in [0.2, 0.25) is 17.7 Å². The molecule has 5 unspecified atom stereocenters. The molecule has 0 bridgehead atoms. The van der Waals surface area contributed by atoms with Gasteiger partial charge in [-0.2, -0.15) is 0 Å². The van der Waals surface area contributed by atoms with Gasteiger partial charge in [0.15, 0.2) is 0 Å². The number of aliphatic hydroxyl groups is 1. The van der Waals surface area contributed by atoms with Crippen molar-refractivity contribution in [2.75, 3.05) is 0 Å². The molecule has 1 aromatic heterocycles. The highest BCUT2D eigenvalue weighted by Gasteiger charge is 2.33. The molecule has 0 aliphatic heterocycles. The number of nitrogens with two attached hydrogens (primary N) is 1. The van der Waals surface area contributed by atoms with Crippen LogP contribution in [-0.4, -0.2) is 80.2 Å². The first-order valence-electron chi connectivity index (χ1n) is 12.1. The van der Waals surface area contributed by atoms with E-state index in [0.717, 1.165) is 10.9 Å². The van der Waals surface area contributed by atoms with Gasteiger partial charge in [0.25, 0.3) is 0 Å². The largest absolute Gasteiger partial charge is 0.481 e. The molecule has 13 heteroatoms. The zero-order valence-electron chi connectivity index (χ0n) is 21.4. The molecular formula is C25H35N5O8. The van der Waals surface area contributed by atoms with Crippen LogP contribution in [0.5, 0.6) is 0 Å². The fourth-order valence-corrected chi connectivity index (χ4v) is 3.90. The number of aromatic nitrogens is 1. The molecule has 0 saturated heterocycles. The molecule has 2 aromatic rings. The SMILES string of the molecule is CC(C)CC(NC(=O)C(NC(=O)C(Cc1c[nH]c2ccccc12)NC(=O)C(N)CC(=O)O)C(C)O)C(=O)O. The molecule has 5 atom stereocenters. The monoisotopic (exact) mass is 533 g/mol. The van der Waals surface area contributed by atoms with Gasteiger partial charge in [-0.1, -0.05) is 32.0 Å². The van der Waals surface area contributed by atoms with E-state index < -0.39 is 66.4 Å². The van der Waals surface area contributed by atoms with E-state index in [4.69, 9.17) is 10.8 Å². The van der Waals surface area contributed by atoms with E-state index in [1.165, 1.54) is 6.92 Å². The lowest BCUT2D eigenvalue weighted by Crippen LogP contribution is -2.60. The molecule has 0 spiro atoms. The van der Waals surface area contributed by atoms with Crippen molar-refractivity contribution in [3.05, 3.63) is 36.0 Å². The Morgan fingerprint density at radius 1 is 0.921 bits per heavy atom. The van der Waals surface area contributed by atoms with Crippen molar-refractivity contribution in [2.45, 2.75) is 70.3 Å². The van der Waals surface area contributed by atoms with Crippen LogP contribution in [0.4, 0.5) is 0 Å². The minimum absolute atomic E-state index is 0.0539. The number of H-pyrrole nitrogens is 1. The Balaban J connectivity index is 2.29. The van der Waals surface area contributed by atoms with Gasteiger partial charge in [0.1, 0.15) is 18.1 Å². The van der Waals surface area contributed by atoms with Crippen LogP contribution in [0, 0.1) is 5.92 Å². The summed E-state index contributed by atoms with van der Waals surface area (Å²) in [6.07, 6.45) is -0.358. The van der Waals surface area contributed by atoms with Crippen LogP contribution in [0.2, 0.25) is 0 Å². The quantitative estimate of drug-likeness (QED) is 0.156. The molecule has 208 valence electrons. The van der Waals surface area contributed by atoms with Gasteiger partial charge in [0.05, 0.1) is 18.6 Å². The molecule has 1 heterocycles. The van der Waals surface area contributed by atoms with E-state index in [1.54, 1.807) is 32.2 Å². The van der Waals surface area contributed by atoms with Crippen molar-refractivity contribution >= 4 is 40.6 Å². The summed E-state index contributed by atoms with van der Waals surface area (Å²) in [5.41, 5.74) is 7.09. The lowest BCUT2D eigenvalue weighted by atomic mass is 10.0. The number of benzene rings is 1. The molecule has 0 aliphatic carbocycles. The lowest BCUT2D eigenvalue weighted by molar-refractivity contribution is -0.143. The van der Waals surface area contributed by atoms with E-state index in [9.17, 15) is 34.2 Å². The van der Waals surface area contributed by atoms with Crippen molar-refractivity contribution in [2.24, 2.45) is 11.7 Å². The van der Waals surface area contributed by atoms with E-state index in [2.05, 4.69) is 20.9 Å². The van der Waals surface area contributed by atoms with E-state index in [0.29, 0.717) is 5.56 Å². The normalized spacial score (nSPS) is 15.2. The van der Waals surface area contributed by atoms with Gasteiger partial charge in [-0.3, -0.25) is 19.2 Å². The predicted octanol–water partition coefficient (Wildman–Crippen LogP) is -0.522. The molecule has 1 aromatic carbocycles. The maximum atomic E-state index is 13.3. The Labute approximate surface area is 219 Å². The van der Waals surface area contributed by atoms with Gasteiger partial charge < -0.3 is 42.0 Å². The van der Waals surface area contributed by atoms with Crippen LogP contribution in [0.3, 0.4) is 0 Å². The molecule has 0 fully saturated rings. The van der Waals surface area contributed by atoms with Crippen LogP contribution < -0.4 is 21.7 Å². The number of carboxylic acid groups (broad SMARTS) is 2. The molecule has 3 amide bonds. The van der Waals surface area contributed by atoms with Gasteiger partial charge in [0, 0.05) is 23.5 Å². The summed E-state index contributed by atoms with van der Waals surface area (Å²) < 4.78 is 0. The van der Waals surface area contributed by atoms with Gasteiger partial charge in [-0.15, -0.1) is 0 Å². The first-order chi connectivity index (χ1) is 17.8.